The van der Waals surface area contributed by atoms with E-state index in [-0.39, 0.29) is 18.0 Å². The molecule has 1 aromatic heterocycles. The van der Waals surface area contributed by atoms with E-state index in [0.717, 1.165) is 25.7 Å². The third-order valence-corrected chi connectivity index (χ3v) is 4.24. The molecule has 1 aliphatic heterocycles. The van der Waals surface area contributed by atoms with Gasteiger partial charge in [0.1, 0.15) is 17.3 Å². The summed E-state index contributed by atoms with van der Waals surface area (Å²) in [7, 11) is 0. The van der Waals surface area contributed by atoms with E-state index >= 15 is 0 Å². The van der Waals surface area contributed by atoms with Gasteiger partial charge < -0.3 is 9.72 Å². The number of halogens is 1. The molecule has 1 N–H and O–H groups in total. The second-order valence-corrected chi connectivity index (χ2v) is 7.73. The van der Waals surface area contributed by atoms with Crippen LogP contribution in [-0.4, -0.2) is 33.1 Å². The van der Waals surface area contributed by atoms with Crippen LogP contribution in [0.25, 0.3) is 5.57 Å². The molecule has 0 aromatic carbocycles. The lowest BCUT2D eigenvalue weighted by molar-refractivity contribution is 0.0218. The highest BCUT2D eigenvalue weighted by Crippen LogP contribution is 2.32. The Morgan fingerprint density at radius 3 is 2.92 bits per heavy atom. The molecule has 1 saturated heterocycles. The molecule has 2 rings (SSSR count). The molecule has 0 unspecified atom stereocenters. The maximum Gasteiger partial charge on any atom is 0.410 e. The molecule has 6 heteroatoms. The number of aromatic nitrogens is 2. The average molecular weight is 363 g/mol. The van der Waals surface area contributed by atoms with Gasteiger partial charge in [0, 0.05) is 6.54 Å². The summed E-state index contributed by atoms with van der Waals surface area (Å²) in [5.74, 6) is 0.510. The molecule has 1 aliphatic rings. The number of aromatic amines is 1. The molecule has 5 nitrogen and oxygen atoms in total. The smallest absolute Gasteiger partial charge is 0.410 e. The largest absolute Gasteiger partial charge is 0.444 e. The first kappa shape index (κ1) is 20.2. The second-order valence-electron chi connectivity index (χ2n) is 7.73. The van der Waals surface area contributed by atoms with Crippen molar-refractivity contribution >= 4 is 11.7 Å². The molecule has 0 bridgehead atoms. The SMILES string of the molecule is C=C(/C=C(/F)CCCC)c1cnc([C@@H]2CCCN2C(=O)OC(C)(C)C)[nH]1. The third kappa shape index (κ3) is 5.44. The topological polar surface area (TPSA) is 58.2 Å². The predicted octanol–water partition coefficient (Wildman–Crippen LogP) is 5.54. The van der Waals surface area contributed by atoms with Crippen molar-refractivity contribution in [3.05, 3.63) is 36.2 Å². The van der Waals surface area contributed by atoms with Crippen molar-refractivity contribution in [2.24, 2.45) is 0 Å². The summed E-state index contributed by atoms with van der Waals surface area (Å²) in [5, 5.41) is 0. The predicted molar refractivity (Wildman–Crippen MR) is 101 cm³/mol. The number of amides is 1. The van der Waals surface area contributed by atoms with Gasteiger partial charge >= 0.3 is 6.09 Å². The van der Waals surface area contributed by atoms with Crippen LogP contribution in [0.5, 0.6) is 0 Å². The summed E-state index contributed by atoms with van der Waals surface area (Å²) in [6.45, 7) is 12.1. The number of ether oxygens (including phenoxy) is 1. The molecule has 1 fully saturated rings. The number of imidazole rings is 1. The number of allylic oxidation sites excluding steroid dienone is 3. The first-order valence-electron chi connectivity index (χ1n) is 9.31. The number of rotatable bonds is 6. The quantitative estimate of drug-likeness (QED) is 0.675. The van der Waals surface area contributed by atoms with Gasteiger partial charge in [-0.2, -0.15) is 0 Å². The zero-order valence-electron chi connectivity index (χ0n) is 16.3. The van der Waals surface area contributed by atoms with Crippen LogP contribution in [0, 0.1) is 0 Å². The standard InChI is InChI=1S/C20H30FN3O2/c1-6-7-9-15(21)12-14(2)16-13-22-18(23-16)17-10-8-11-24(17)19(25)26-20(3,4)5/h12-13,17H,2,6-11H2,1,3-5H3,(H,22,23)/b15-12+/t17-/m0/s1. The summed E-state index contributed by atoms with van der Waals surface area (Å²) < 4.78 is 19.3. The number of carbonyl (C=O) groups is 1. The van der Waals surface area contributed by atoms with Crippen LogP contribution in [-0.2, 0) is 4.74 Å². The highest BCUT2D eigenvalue weighted by atomic mass is 19.1. The van der Waals surface area contributed by atoms with E-state index in [9.17, 15) is 9.18 Å². The van der Waals surface area contributed by atoms with Gasteiger partial charge in [-0.15, -0.1) is 0 Å². The minimum Gasteiger partial charge on any atom is -0.444 e. The van der Waals surface area contributed by atoms with Crippen LogP contribution in [0.4, 0.5) is 9.18 Å². The van der Waals surface area contributed by atoms with E-state index in [4.69, 9.17) is 4.74 Å². The normalized spacial score (nSPS) is 18.3. The van der Waals surface area contributed by atoms with Crippen LogP contribution < -0.4 is 0 Å². The fourth-order valence-corrected chi connectivity index (χ4v) is 2.94. The summed E-state index contributed by atoms with van der Waals surface area (Å²) in [4.78, 5) is 21.7. The van der Waals surface area contributed by atoms with Crippen molar-refractivity contribution in [1.82, 2.24) is 14.9 Å². The molecule has 26 heavy (non-hydrogen) atoms. The second kappa shape index (κ2) is 8.52. The molecule has 0 radical (unpaired) electrons. The first-order chi connectivity index (χ1) is 12.2. The van der Waals surface area contributed by atoms with E-state index < -0.39 is 5.60 Å². The Morgan fingerprint density at radius 2 is 2.27 bits per heavy atom. The molecule has 1 atom stereocenters. The number of nitrogens with zero attached hydrogens (tertiary/aromatic N) is 2. The van der Waals surface area contributed by atoms with Crippen molar-refractivity contribution < 1.29 is 13.9 Å². The number of likely N-dealkylation sites (tertiary alicyclic amines) is 1. The van der Waals surface area contributed by atoms with Gasteiger partial charge in [0.2, 0.25) is 0 Å². The number of H-pyrrole nitrogens is 1. The number of hydrogen-bond acceptors (Lipinski definition) is 3. The van der Waals surface area contributed by atoms with Crippen molar-refractivity contribution in [3.63, 3.8) is 0 Å². The highest BCUT2D eigenvalue weighted by molar-refractivity contribution is 5.70. The molecule has 0 aliphatic carbocycles. The Hall–Kier alpha value is -2.11. The van der Waals surface area contributed by atoms with Crippen molar-refractivity contribution in [3.8, 4) is 0 Å². The van der Waals surface area contributed by atoms with Gasteiger partial charge in [-0.25, -0.2) is 14.2 Å². The maximum absolute atomic E-state index is 13.9. The average Bonchev–Trinajstić information content (AvgIpc) is 3.19. The minimum absolute atomic E-state index is 0.152. The number of unbranched alkanes of at least 4 members (excludes halogenated alkanes) is 1. The number of carbonyl (C=O) groups excluding carboxylic acids is 1. The monoisotopic (exact) mass is 363 g/mol. The van der Waals surface area contributed by atoms with Gasteiger partial charge in [0.25, 0.3) is 0 Å². The Balaban J connectivity index is 2.08. The Bertz CT molecular complexity index is 673. The van der Waals surface area contributed by atoms with Gasteiger partial charge in [-0.05, 0) is 58.1 Å². The molecular formula is C20H30FN3O2. The summed E-state index contributed by atoms with van der Waals surface area (Å²) in [5.41, 5.74) is 0.690. The van der Waals surface area contributed by atoms with E-state index in [1.165, 1.54) is 6.08 Å². The van der Waals surface area contributed by atoms with E-state index in [1.807, 2.05) is 27.7 Å². The maximum atomic E-state index is 13.9. The van der Waals surface area contributed by atoms with E-state index in [0.29, 0.717) is 30.1 Å². The Labute approximate surface area is 155 Å². The summed E-state index contributed by atoms with van der Waals surface area (Å²) in [6, 6.07) is -0.152. The molecule has 144 valence electrons. The van der Waals surface area contributed by atoms with Gasteiger partial charge in [0.15, 0.2) is 0 Å². The lowest BCUT2D eigenvalue weighted by Gasteiger charge is -2.27. The van der Waals surface area contributed by atoms with Crippen molar-refractivity contribution in [2.75, 3.05) is 6.54 Å². The van der Waals surface area contributed by atoms with Gasteiger partial charge in [-0.3, -0.25) is 4.90 Å². The first-order valence-corrected chi connectivity index (χ1v) is 9.31. The molecule has 1 amide bonds. The molecule has 0 spiro atoms. The lowest BCUT2D eigenvalue weighted by Crippen LogP contribution is -2.36. The van der Waals surface area contributed by atoms with Crippen molar-refractivity contribution in [1.29, 1.82) is 0 Å². The molecular weight excluding hydrogens is 333 g/mol. The van der Waals surface area contributed by atoms with Crippen LogP contribution in [0.2, 0.25) is 0 Å². The molecule has 1 aromatic rings. The van der Waals surface area contributed by atoms with Crippen LogP contribution in [0.3, 0.4) is 0 Å². The van der Waals surface area contributed by atoms with Crippen LogP contribution in [0.1, 0.15) is 77.4 Å². The molecule has 2 heterocycles. The van der Waals surface area contributed by atoms with Crippen LogP contribution >= 0.6 is 0 Å². The number of nitrogens with one attached hydrogen (secondary N) is 1. The lowest BCUT2D eigenvalue weighted by atomic mass is 10.1. The third-order valence-electron chi connectivity index (χ3n) is 4.24. The molecule has 0 saturated carbocycles. The van der Waals surface area contributed by atoms with E-state index in [2.05, 4.69) is 16.5 Å². The van der Waals surface area contributed by atoms with Gasteiger partial charge in [-0.1, -0.05) is 19.9 Å². The Morgan fingerprint density at radius 1 is 1.54 bits per heavy atom. The van der Waals surface area contributed by atoms with E-state index in [1.54, 1.807) is 11.1 Å². The van der Waals surface area contributed by atoms with Gasteiger partial charge in [0.05, 0.1) is 17.9 Å². The van der Waals surface area contributed by atoms with Crippen LogP contribution in [0.15, 0.2) is 24.7 Å². The fraction of sp³-hybridized carbons (Fsp3) is 0.600. The zero-order chi connectivity index (χ0) is 19.3. The Kier molecular flexibility index (Phi) is 6.62. The highest BCUT2D eigenvalue weighted by Gasteiger charge is 2.34. The van der Waals surface area contributed by atoms with Crippen molar-refractivity contribution in [2.45, 2.75) is 71.4 Å². The zero-order valence-corrected chi connectivity index (χ0v) is 16.3. The summed E-state index contributed by atoms with van der Waals surface area (Å²) in [6.07, 6.45) is 6.67. The number of hydrogen-bond donors (Lipinski definition) is 1. The summed E-state index contributed by atoms with van der Waals surface area (Å²) >= 11 is 0. The fourth-order valence-electron chi connectivity index (χ4n) is 2.94. The minimum atomic E-state index is -0.534.